The quantitative estimate of drug-likeness (QED) is 0.743. The lowest BCUT2D eigenvalue weighted by molar-refractivity contribution is 0.0953. The summed E-state index contributed by atoms with van der Waals surface area (Å²) < 4.78 is 0. The zero-order valence-electron chi connectivity index (χ0n) is 10.6. The Morgan fingerprint density at radius 2 is 2.24 bits per heavy atom. The Morgan fingerprint density at radius 3 is 2.88 bits per heavy atom. The summed E-state index contributed by atoms with van der Waals surface area (Å²) in [5.41, 5.74) is 6.07. The van der Waals surface area contributed by atoms with E-state index in [9.17, 15) is 4.79 Å². The number of amides is 1. The lowest BCUT2D eigenvalue weighted by atomic mass is 10.1. The van der Waals surface area contributed by atoms with Crippen LogP contribution in [0.15, 0.2) is 18.3 Å². The van der Waals surface area contributed by atoms with Gasteiger partial charge in [0.25, 0.3) is 5.91 Å². The van der Waals surface area contributed by atoms with Gasteiger partial charge in [0.05, 0.1) is 5.56 Å². The summed E-state index contributed by atoms with van der Waals surface area (Å²) in [6, 6.07) is 3.40. The summed E-state index contributed by atoms with van der Waals surface area (Å²) in [6.45, 7) is 5.10. The number of hydrogen-bond acceptors (Lipinski definition) is 3. The summed E-state index contributed by atoms with van der Waals surface area (Å²) >= 11 is 0. The molecular weight excluding hydrogens is 214 g/mol. The van der Waals surface area contributed by atoms with Gasteiger partial charge in [0.15, 0.2) is 0 Å². The molecule has 0 radical (unpaired) electrons. The van der Waals surface area contributed by atoms with E-state index in [1.807, 2.05) is 0 Å². The van der Waals surface area contributed by atoms with Crippen LogP contribution in [0.25, 0.3) is 0 Å². The van der Waals surface area contributed by atoms with Crippen LogP contribution >= 0.6 is 0 Å². The number of rotatable bonds is 6. The van der Waals surface area contributed by atoms with Gasteiger partial charge in [-0.15, -0.1) is 0 Å². The third-order valence-corrected chi connectivity index (χ3v) is 2.58. The normalized spacial score (nSPS) is 10.5. The third-order valence-electron chi connectivity index (χ3n) is 2.58. The van der Waals surface area contributed by atoms with Crippen LogP contribution in [0.3, 0.4) is 0 Å². The largest absolute Gasteiger partial charge is 0.383 e. The number of pyridine rings is 1. The Balaban J connectivity index is 2.29. The molecule has 1 aromatic rings. The topological polar surface area (TPSA) is 68.0 Å². The first-order valence-electron chi connectivity index (χ1n) is 6.10. The van der Waals surface area contributed by atoms with Crippen LogP contribution in [-0.4, -0.2) is 17.4 Å². The summed E-state index contributed by atoms with van der Waals surface area (Å²) in [7, 11) is 0. The number of anilines is 1. The number of nitrogen functional groups attached to an aromatic ring is 1. The molecule has 0 saturated carbocycles. The molecule has 0 aliphatic carbocycles. The number of carbonyl (C=O) groups excluding carboxylic acids is 1. The maximum absolute atomic E-state index is 11.7. The maximum atomic E-state index is 11.7. The van der Waals surface area contributed by atoms with Crippen LogP contribution in [0.5, 0.6) is 0 Å². The molecule has 0 saturated heterocycles. The van der Waals surface area contributed by atoms with E-state index < -0.39 is 0 Å². The lowest BCUT2D eigenvalue weighted by Crippen LogP contribution is -2.25. The van der Waals surface area contributed by atoms with Crippen molar-refractivity contribution in [2.24, 2.45) is 5.92 Å². The molecular formula is C13H21N3O. The Hall–Kier alpha value is -1.58. The molecule has 1 aromatic heterocycles. The number of nitrogens with zero attached hydrogens (tertiary/aromatic N) is 1. The van der Waals surface area contributed by atoms with Crippen molar-refractivity contribution in [3.63, 3.8) is 0 Å². The number of nitrogens with one attached hydrogen (secondary N) is 1. The lowest BCUT2D eigenvalue weighted by Gasteiger charge is -2.07. The minimum atomic E-state index is -0.139. The van der Waals surface area contributed by atoms with E-state index in [1.165, 1.54) is 6.42 Å². The summed E-state index contributed by atoms with van der Waals surface area (Å²) in [6.07, 6.45) is 4.92. The van der Waals surface area contributed by atoms with E-state index in [-0.39, 0.29) is 11.7 Å². The van der Waals surface area contributed by atoms with Gasteiger partial charge in [-0.25, -0.2) is 4.98 Å². The maximum Gasteiger partial charge on any atom is 0.255 e. The van der Waals surface area contributed by atoms with Gasteiger partial charge in [0.2, 0.25) is 0 Å². The fraction of sp³-hybridized carbons (Fsp3) is 0.538. The summed E-state index contributed by atoms with van der Waals surface area (Å²) in [5.74, 6) is 0.868. The Bertz CT molecular complexity index is 363. The van der Waals surface area contributed by atoms with Crippen LogP contribution in [0.2, 0.25) is 0 Å². The second kappa shape index (κ2) is 6.89. The van der Waals surface area contributed by atoms with E-state index in [0.717, 1.165) is 18.8 Å². The van der Waals surface area contributed by atoms with Crippen molar-refractivity contribution >= 4 is 11.7 Å². The second-order valence-corrected chi connectivity index (χ2v) is 4.58. The molecule has 1 amide bonds. The van der Waals surface area contributed by atoms with Crippen molar-refractivity contribution in [3.8, 4) is 0 Å². The first-order chi connectivity index (χ1) is 8.11. The SMILES string of the molecule is CC(C)CCCCNC(=O)c1cccnc1N. The average Bonchev–Trinajstić information content (AvgIpc) is 2.28. The fourth-order valence-corrected chi connectivity index (χ4v) is 1.58. The first-order valence-corrected chi connectivity index (χ1v) is 6.10. The standard InChI is InChI=1S/C13H21N3O/c1-10(2)6-3-4-8-16-13(17)11-7-5-9-15-12(11)14/h5,7,9-10H,3-4,6,8H2,1-2H3,(H2,14,15)(H,16,17). The van der Waals surface area contributed by atoms with Crippen LogP contribution in [0.4, 0.5) is 5.82 Å². The molecule has 0 bridgehead atoms. The molecule has 0 aliphatic rings. The van der Waals surface area contributed by atoms with E-state index in [1.54, 1.807) is 18.3 Å². The molecule has 1 rings (SSSR count). The van der Waals surface area contributed by atoms with Gasteiger partial charge in [-0.05, 0) is 24.5 Å². The zero-order valence-corrected chi connectivity index (χ0v) is 10.6. The van der Waals surface area contributed by atoms with Crippen molar-refractivity contribution in [2.75, 3.05) is 12.3 Å². The highest BCUT2D eigenvalue weighted by molar-refractivity contribution is 5.98. The fourth-order valence-electron chi connectivity index (χ4n) is 1.58. The minimum Gasteiger partial charge on any atom is -0.383 e. The van der Waals surface area contributed by atoms with Gasteiger partial charge in [0.1, 0.15) is 5.82 Å². The van der Waals surface area contributed by atoms with Crippen LogP contribution in [-0.2, 0) is 0 Å². The minimum absolute atomic E-state index is 0.139. The van der Waals surface area contributed by atoms with Crippen molar-refractivity contribution in [1.29, 1.82) is 0 Å². The highest BCUT2D eigenvalue weighted by Gasteiger charge is 2.08. The van der Waals surface area contributed by atoms with Crippen molar-refractivity contribution in [2.45, 2.75) is 33.1 Å². The van der Waals surface area contributed by atoms with E-state index in [0.29, 0.717) is 12.1 Å². The van der Waals surface area contributed by atoms with Gasteiger partial charge < -0.3 is 11.1 Å². The number of aromatic nitrogens is 1. The van der Waals surface area contributed by atoms with Gasteiger partial charge >= 0.3 is 0 Å². The summed E-state index contributed by atoms with van der Waals surface area (Å²) in [4.78, 5) is 15.6. The van der Waals surface area contributed by atoms with E-state index >= 15 is 0 Å². The molecule has 4 heteroatoms. The second-order valence-electron chi connectivity index (χ2n) is 4.58. The van der Waals surface area contributed by atoms with Crippen molar-refractivity contribution < 1.29 is 4.79 Å². The average molecular weight is 235 g/mol. The van der Waals surface area contributed by atoms with Crippen molar-refractivity contribution in [1.82, 2.24) is 10.3 Å². The van der Waals surface area contributed by atoms with Gasteiger partial charge in [-0.1, -0.05) is 26.7 Å². The molecule has 4 nitrogen and oxygen atoms in total. The van der Waals surface area contributed by atoms with E-state index in [4.69, 9.17) is 5.73 Å². The number of nitrogens with two attached hydrogens (primary N) is 1. The summed E-state index contributed by atoms with van der Waals surface area (Å²) in [5, 5.41) is 2.85. The van der Waals surface area contributed by atoms with Gasteiger partial charge in [-0.3, -0.25) is 4.79 Å². The molecule has 3 N–H and O–H groups in total. The zero-order chi connectivity index (χ0) is 12.7. The highest BCUT2D eigenvalue weighted by atomic mass is 16.1. The van der Waals surface area contributed by atoms with Gasteiger partial charge in [-0.2, -0.15) is 0 Å². The monoisotopic (exact) mass is 235 g/mol. The smallest absolute Gasteiger partial charge is 0.255 e. The number of hydrogen-bond donors (Lipinski definition) is 2. The van der Waals surface area contributed by atoms with Gasteiger partial charge in [0, 0.05) is 12.7 Å². The molecule has 0 spiro atoms. The third kappa shape index (κ3) is 4.85. The molecule has 17 heavy (non-hydrogen) atoms. The molecule has 1 heterocycles. The number of unbranched alkanes of at least 4 members (excludes halogenated alkanes) is 1. The predicted molar refractivity (Wildman–Crippen MR) is 69.7 cm³/mol. The van der Waals surface area contributed by atoms with E-state index in [2.05, 4.69) is 24.1 Å². The molecule has 94 valence electrons. The molecule has 0 aromatic carbocycles. The Morgan fingerprint density at radius 1 is 1.47 bits per heavy atom. The number of carbonyl (C=O) groups is 1. The van der Waals surface area contributed by atoms with Crippen molar-refractivity contribution in [3.05, 3.63) is 23.9 Å². The molecule has 0 unspecified atom stereocenters. The molecule has 0 atom stereocenters. The predicted octanol–water partition coefficient (Wildman–Crippen LogP) is 2.22. The Kier molecular flexibility index (Phi) is 5.46. The molecule has 0 fully saturated rings. The van der Waals surface area contributed by atoms with Crippen LogP contribution in [0.1, 0.15) is 43.5 Å². The van der Waals surface area contributed by atoms with Crippen LogP contribution < -0.4 is 11.1 Å². The van der Waals surface area contributed by atoms with Crippen LogP contribution in [0, 0.1) is 5.92 Å². The molecule has 0 aliphatic heterocycles. The first kappa shape index (κ1) is 13.5. The Labute approximate surface area is 103 Å². The highest BCUT2D eigenvalue weighted by Crippen LogP contribution is 2.07.